The molecule has 1 aliphatic rings. The van der Waals surface area contributed by atoms with Crippen LogP contribution in [0.2, 0.25) is 0 Å². The summed E-state index contributed by atoms with van der Waals surface area (Å²) in [6.07, 6.45) is 10.5. The molecule has 86 valence electrons. The molecule has 0 N–H and O–H groups in total. The maximum atomic E-state index is 11.2. The minimum absolute atomic E-state index is 0.444. The van der Waals surface area contributed by atoms with Crippen LogP contribution in [-0.2, 0) is 9.84 Å². The number of sulfone groups is 1. The van der Waals surface area contributed by atoms with Crippen LogP contribution < -0.4 is 0 Å². The monoisotopic (exact) mass is 238 g/mol. The molecule has 1 aliphatic heterocycles. The average Bonchev–Trinajstić information content (AvgIpc) is 2.50. The zero-order valence-corrected chi connectivity index (χ0v) is 11.2. The van der Waals surface area contributed by atoms with E-state index in [0.717, 1.165) is 6.16 Å². The van der Waals surface area contributed by atoms with Gasteiger partial charge in [0.25, 0.3) is 0 Å². The van der Waals surface area contributed by atoms with Crippen LogP contribution in [-0.4, -0.2) is 45.1 Å². The average molecular weight is 238 g/mol. The molecule has 0 aliphatic carbocycles. The van der Waals surface area contributed by atoms with Crippen LogP contribution in [0.15, 0.2) is 0 Å². The van der Waals surface area contributed by atoms with Gasteiger partial charge in [0.2, 0.25) is 0 Å². The second kappa shape index (κ2) is 4.94. The third-order valence-electron chi connectivity index (χ3n) is 3.45. The van der Waals surface area contributed by atoms with Crippen molar-refractivity contribution < 1.29 is 8.42 Å². The molecule has 0 radical (unpaired) electrons. The van der Waals surface area contributed by atoms with Crippen LogP contribution in [0.1, 0.15) is 26.2 Å². The van der Waals surface area contributed by atoms with Gasteiger partial charge in [-0.05, 0) is 0 Å². The molecule has 14 heavy (non-hydrogen) atoms. The van der Waals surface area contributed by atoms with Gasteiger partial charge in [-0.15, -0.1) is 0 Å². The Morgan fingerprint density at radius 2 is 1.71 bits per heavy atom. The molecule has 0 bridgehead atoms. The molecule has 0 atom stereocenters. The molecule has 1 heterocycles. The second-order valence-corrected chi connectivity index (χ2v) is 12.1. The fourth-order valence-corrected chi connectivity index (χ4v) is 10.5. The third-order valence-corrected chi connectivity index (χ3v) is 10.5. The first-order chi connectivity index (χ1) is 6.47. The van der Waals surface area contributed by atoms with Gasteiger partial charge in [-0.3, -0.25) is 0 Å². The molecule has 1 saturated heterocycles. The van der Waals surface area contributed by atoms with E-state index in [-0.39, 0.29) is 0 Å². The first-order valence-corrected chi connectivity index (χ1v) is 10.5. The quantitative estimate of drug-likeness (QED) is 0.686. The van der Waals surface area contributed by atoms with E-state index in [9.17, 15) is 8.42 Å². The molecule has 0 aromatic heterocycles. The summed E-state index contributed by atoms with van der Waals surface area (Å²) in [7, 11) is -3.85. The molecule has 2 nitrogen and oxygen atoms in total. The van der Waals surface area contributed by atoms with Crippen molar-refractivity contribution in [2.75, 3.05) is 36.7 Å². The third kappa shape index (κ3) is 3.86. The molecule has 0 spiro atoms. The summed E-state index contributed by atoms with van der Waals surface area (Å²) in [5, 5.41) is 0. The van der Waals surface area contributed by atoms with Gasteiger partial charge in [0.15, 0.2) is 0 Å². The van der Waals surface area contributed by atoms with Crippen LogP contribution in [0.4, 0.5) is 0 Å². The van der Waals surface area contributed by atoms with Gasteiger partial charge in [-0.25, -0.2) is 0 Å². The van der Waals surface area contributed by atoms with Crippen molar-refractivity contribution in [3.05, 3.63) is 0 Å². The van der Waals surface area contributed by atoms with E-state index in [1.165, 1.54) is 44.0 Å². The topological polar surface area (TPSA) is 34.1 Å². The van der Waals surface area contributed by atoms with E-state index in [1.807, 2.05) is 0 Å². The molecule has 4 heteroatoms. The first-order valence-electron chi connectivity index (χ1n) is 5.65. The standard InChI is InChI=1S/C10H23O2PS/c1-3-6-13(7-4-5-8-13)9-10-14(2,11)12/h13H,3-10H2,1-2H3. The Kier molecular flexibility index (Phi) is 4.39. The van der Waals surface area contributed by atoms with Crippen molar-refractivity contribution in [2.24, 2.45) is 0 Å². The van der Waals surface area contributed by atoms with Crippen LogP contribution in [0, 0.1) is 0 Å². The fourth-order valence-electron chi connectivity index (χ4n) is 2.68. The van der Waals surface area contributed by atoms with Gasteiger partial charge < -0.3 is 0 Å². The molecular weight excluding hydrogens is 215 g/mol. The molecule has 0 unspecified atom stereocenters. The van der Waals surface area contributed by atoms with Crippen LogP contribution in [0.3, 0.4) is 0 Å². The Bertz CT molecular complexity index is 266. The van der Waals surface area contributed by atoms with E-state index >= 15 is 0 Å². The van der Waals surface area contributed by atoms with Gasteiger partial charge in [0, 0.05) is 0 Å². The molecule has 0 amide bonds. The molecule has 1 rings (SSSR count). The van der Waals surface area contributed by atoms with Crippen molar-refractivity contribution in [1.29, 1.82) is 0 Å². The predicted octanol–water partition coefficient (Wildman–Crippen LogP) is 1.98. The maximum absolute atomic E-state index is 11.2. The normalized spacial score (nSPS) is 23.6. The van der Waals surface area contributed by atoms with Gasteiger partial charge in [-0.2, -0.15) is 0 Å². The minimum atomic E-state index is -2.73. The van der Waals surface area contributed by atoms with Crippen molar-refractivity contribution in [1.82, 2.24) is 0 Å². The SMILES string of the molecule is CCC[PH]1(CCS(C)(=O)=O)CCCC1. The Labute approximate surface area is 88.7 Å². The summed E-state index contributed by atoms with van der Waals surface area (Å²) < 4.78 is 22.3. The summed E-state index contributed by atoms with van der Waals surface area (Å²) >= 11 is 0. The Hall–Kier alpha value is 0.380. The van der Waals surface area contributed by atoms with Crippen molar-refractivity contribution in [2.45, 2.75) is 26.2 Å². The zero-order chi connectivity index (χ0) is 10.7. The summed E-state index contributed by atoms with van der Waals surface area (Å²) in [5.74, 6) is 0.444. The second-order valence-electron chi connectivity index (χ2n) is 4.84. The number of rotatable bonds is 5. The van der Waals surface area contributed by atoms with Gasteiger partial charge >= 0.3 is 88.4 Å². The van der Waals surface area contributed by atoms with E-state index in [1.54, 1.807) is 0 Å². The molecule has 0 aromatic carbocycles. The van der Waals surface area contributed by atoms with E-state index in [0.29, 0.717) is 5.75 Å². The number of hydrogen-bond donors (Lipinski definition) is 0. The Morgan fingerprint density at radius 3 is 2.14 bits per heavy atom. The fraction of sp³-hybridized carbons (Fsp3) is 1.00. The molecule has 1 fully saturated rings. The van der Waals surface area contributed by atoms with Crippen LogP contribution in [0.5, 0.6) is 0 Å². The summed E-state index contributed by atoms with van der Waals surface area (Å²) in [4.78, 5) is 0. The van der Waals surface area contributed by atoms with Gasteiger partial charge in [-0.1, -0.05) is 0 Å². The van der Waals surface area contributed by atoms with Crippen molar-refractivity contribution in [3.8, 4) is 0 Å². The van der Waals surface area contributed by atoms with Crippen LogP contribution in [0.25, 0.3) is 0 Å². The zero-order valence-electron chi connectivity index (χ0n) is 9.38. The summed E-state index contributed by atoms with van der Waals surface area (Å²) in [5.41, 5.74) is 0. The first kappa shape index (κ1) is 12.4. The summed E-state index contributed by atoms with van der Waals surface area (Å²) in [6, 6.07) is 0. The van der Waals surface area contributed by atoms with Crippen molar-refractivity contribution >= 4 is 17.1 Å². The van der Waals surface area contributed by atoms with E-state index < -0.39 is 17.1 Å². The Balaban J connectivity index is 2.52. The molecular formula is C10H23O2PS. The van der Waals surface area contributed by atoms with E-state index in [2.05, 4.69) is 6.92 Å². The molecule has 0 saturated carbocycles. The predicted molar refractivity (Wildman–Crippen MR) is 67.0 cm³/mol. The molecule has 0 aromatic rings. The van der Waals surface area contributed by atoms with Gasteiger partial charge in [0.05, 0.1) is 0 Å². The number of hydrogen-bond acceptors (Lipinski definition) is 2. The van der Waals surface area contributed by atoms with Gasteiger partial charge in [0.1, 0.15) is 0 Å². The van der Waals surface area contributed by atoms with Crippen LogP contribution >= 0.6 is 7.26 Å². The Morgan fingerprint density at radius 1 is 1.14 bits per heavy atom. The summed E-state index contributed by atoms with van der Waals surface area (Å²) in [6.45, 7) is 2.23. The van der Waals surface area contributed by atoms with E-state index in [4.69, 9.17) is 0 Å². The van der Waals surface area contributed by atoms with Crippen molar-refractivity contribution in [3.63, 3.8) is 0 Å².